The van der Waals surface area contributed by atoms with E-state index in [1.54, 1.807) is 11.8 Å². The highest BCUT2D eigenvalue weighted by Crippen LogP contribution is 2.24. The predicted octanol–water partition coefficient (Wildman–Crippen LogP) is 4.49. The molecule has 0 radical (unpaired) electrons. The Balaban J connectivity index is 1.17. The lowest BCUT2D eigenvalue weighted by atomic mass is 10.1. The lowest BCUT2D eigenvalue weighted by Crippen LogP contribution is -2.46. The van der Waals surface area contributed by atoms with Crippen LogP contribution in [0.15, 0.2) is 58.2 Å². The second-order valence-electron chi connectivity index (χ2n) is 7.25. The van der Waals surface area contributed by atoms with Crippen LogP contribution in [-0.2, 0) is 0 Å². The Morgan fingerprint density at radius 2 is 1.69 bits per heavy atom. The average Bonchev–Trinajstić information content (AvgIpc) is 3.22. The molecular weight excluding hydrogens is 387 g/mol. The van der Waals surface area contributed by atoms with Gasteiger partial charge in [-0.3, -0.25) is 4.90 Å². The smallest absolute Gasteiger partial charge is 0.276 e. The number of rotatable bonds is 7. The molecule has 1 fully saturated rings. The van der Waals surface area contributed by atoms with Crippen molar-refractivity contribution in [2.24, 2.45) is 0 Å². The van der Waals surface area contributed by atoms with Crippen molar-refractivity contribution in [3.05, 3.63) is 59.9 Å². The van der Waals surface area contributed by atoms with E-state index >= 15 is 0 Å². The van der Waals surface area contributed by atoms with E-state index in [0.29, 0.717) is 11.1 Å². The van der Waals surface area contributed by atoms with Crippen molar-refractivity contribution in [2.75, 3.05) is 43.4 Å². The van der Waals surface area contributed by atoms with Crippen molar-refractivity contribution >= 4 is 17.4 Å². The average molecular weight is 413 g/mol. The number of aromatic nitrogens is 2. The lowest BCUT2D eigenvalue weighted by molar-refractivity contribution is 0.259. The molecule has 0 aliphatic carbocycles. The first-order chi connectivity index (χ1) is 14.2. The van der Waals surface area contributed by atoms with E-state index in [0.717, 1.165) is 56.1 Å². The van der Waals surface area contributed by atoms with Crippen molar-refractivity contribution < 1.29 is 8.81 Å². The number of hydrogen-bond donors (Lipinski definition) is 0. The Bertz CT molecular complexity index is 905. The van der Waals surface area contributed by atoms with Crippen LogP contribution in [0.3, 0.4) is 0 Å². The highest BCUT2D eigenvalue weighted by atomic mass is 32.2. The molecule has 0 saturated carbocycles. The van der Waals surface area contributed by atoms with Crippen LogP contribution in [0.4, 0.5) is 10.1 Å². The molecular formula is C22H25FN4OS. The van der Waals surface area contributed by atoms with Gasteiger partial charge < -0.3 is 9.32 Å². The fraction of sp³-hybridized carbons (Fsp3) is 0.364. The van der Waals surface area contributed by atoms with E-state index in [2.05, 4.69) is 26.9 Å². The van der Waals surface area contributed by atoms with Crippen LogP contribution >= 0.6 is 11.8 Å². The van der Waals surface area contributed by atoms with Crippen molar-refractivity contribution in [2.45, 2.75) is 18.6 Å². The van der Waals surface area contributed by atoms with Crippen LogP contribution in [0.5, 0.6) is 0 Å². The first-order valence-corrected chi connectivity index (χ1v) is 10.9. The Hall–Kier alpha value is -2.38. The second-order valence-corrected chi connectivity index (χ2v) is 8.29. The summed E-state index contributed by atoms with van der Waals surface area (Å²) in [5, 5.41) is 8.93. The molecule has 29 heavy (non-hydrogen) atoms. The number of benzene rings is 2. The number of hydrogen-bond acceptors (Lipinski definition) is 6. The summed E-state index contributed by atoms with van der Waals surface area (Å²) >= 11 is 1.61. The monoisotopic (exact) mass is 412 g/mol. The lowest BCUT2D eigenvalue weighted by Gasteiger charge is -2.36. The molecule has 1 aliphatic rings. The first-order valence-electron chi connectivity index (χ1n) is 9.93. The number of halogens is 1. The zero-order valence-corrected chi connectivity index (χ0v) is 17.4. The van der Waals surface area contributed by atoms with Gasteiger partial charge in [0.15, 0.2) is 0 Å². The van der Waals surface area contributed by atoms with Gasteiger partial charge in [0.1, 0.15) is 5.82 Å². The molecule has 152 valence electrons. The zero-order chi connectivity index (χ0) is 20.1. The van der Waals surface area contributed by atoms with Gasteiger partial charge in [-0.05, 0) is 56.3 Å². The van der Waals surface area contributed by atoms with Gasteiger partial charge in [0, 0.05) is 43.2 Å². The van der Waals surface area contributed by atoms with Gasteiger partial charge in [0.05, 0.1) is 0 Å². The van der Waals surface area contributed by atoms with E-state index in [-0.39, 0.29) is 5.82 Å². The summed E-state index contributed by atoms with van der Waals surface area (Å²) < 4.78 is 18.8. The minimum absolute atomic E-state index is 0.183. The number of anilines is 1. The number of thioether (sulfide) groups is 1. The van der Waals surface area contributed by atoms with Crippen LogP contribution in [0, 0.1) is 12.7 Å². The zero-order valence-electron chi connectivity index (χ0n) is 16.6. The maximum Gasteiger partial charge on any atom is 0.276 e. The summed E-state index contributed by atoms with van der Waals surface area (Å²) in [6, 6.07) is 14.9. The molecule has 4 rings (SSSR count). The largest absolute Gasteiger partial charge is 0.411 e. The molecule has 1 aromatic heterocycles. The molecule has 0 N–H and O–H groups in total. The third-order valence-electron chi connectivity index (χ3n) is 5.11. The molecule has 0 spiro atoms. The Morgan fingerprint density at radius 1 is 0.966 bits per heavy atom. The van der Waals surface area contributed by atoms with Crippen molar-refractivity contribution in [1.82, 2.24) is 15.1 Å². The molecule has 2 heterocycles. The normalized spacial score (nSPS) is 15.0. The van der Waals surface area contributed by atoms with E-state index < -0.39 is 0 Å². The standard InChI is InChI=1S/C22H25FN4OS/c1-17-3-5-18(6-4-17)21-24-25-22(28-21)29-16-2-11-26-12-14-27(15-13-26)20-9-7-19(23)8-10-20/h3-10H,2,11-16H2,1H3. The molecule has 0 amide bonds. The molecule has 0 atom stereocenters. The molecule has 5 nitrogen and oxygen atoms in total. The quantitative estimate of drug-likeness (QED) is 0.421. The predicted molar refractivity (Wildman–Crippen MR) is 115 cm³/mol. The Morgan fingerprint density at radius 3 is 2.41 bits per heavy atom. The van der Waals surface area contributed by atoms with Gasteiger partial charge in [0.2, 0.25) is 5.89 Å². The van der Waals surface area contributed by atoms with Gasteiger partial charge in [-0.15, -0.1) is 10.2 Å². The Labute approximate surface area is 174 Å². The third-order valence-corrected chi connectivity index (χ3v) is 6.02. The number of piperazine rings is 1. The SMILES string of the molecule is Cc1ccc(-c2nnc(SCCCN3CCN(c4ccc(F)cc4)CC3)o2)cc1. The minimum atomic E-state index is -0.183. The minimum Gasteiger partial charge on any atom is -0.411 e. The van der Waals surface area contributed by atoms with E-state index in [9.17, 15) is 4.39 Å². The molecule has 3 aromatic rings. The maximum absolute atomic E-state index is 13.1. The van der Waals surface area contributed by atoms with E-state index in [4.69, 9.17) is 4.42 Å². The summed E-state index contributed by atoms with van der Waals surface area (Å²) in [7, 11) is 0. The van der Waals surface area contributed by atoms with E-state index in [1.165, 1.54) is 17.7 Å². The molecule has 1 aliphatic heterocycles. The van der Waals surface area contributed by atoms with Gasteiger partial charge in [-0.1, -0.05) is 29.5 Å². The van der Waals surface area contributed by atoms with Crippen molar-refractivity contribution in [1.29, 1.82) is 0 Å². The number of aryl methyl sites for hydroxylation is 1. The summed E-state index contributed by atoms with van der Waals surface area (Å²) in [6.07, 6.45) is 1.07. The summed E-state index contributed by atoms with van der Waals surface area (Å²) in [6.45, 7) is 7.12. The summed E-state index contributed by atoms with van der Waals surface area (Å²) in [5.74, 6) is 1.34. The van der Waals surface area contributed by atoms with Crippen molar-refractivity contribution in [3.8, 4) is 11.5 Å². The van der Waals surface area contributed by atoms with Gasteiger partial charge in [-0.25, -0.2) is 4.39 Å². The van der Waals surface area contributed by atoms with Gasteiger partial charge >= 0.3 is 0 Å². The fourth-order valence-corrected chi connectivity index (χ4v) is 4.09. The number of nitrogens with zero attached hydrogens (tertiary/aromatic N) is 4. The van der Waals surface area contributed by atoms with Crippen molar-refractivity contribution in [3.63, 3.8) is 0 Å². The van der Waals surface area contributed by atoms with Crippen LogP contribution < -0.4 is 4.90 Å². The molecule has 7 heteroatoms. The molecule has 1 saturated heterocycles. The van der Waals surface area contributed by atoms with Crippen LogP contribution in [0.25, 0.3) is 11.5 Å². The Kier molecular flexibility index (Phi) is 6.46. The van der Waals surface area contributed by atoms with Crippen LogP contribution in [-0.4, -0.2) is 53.6 Å². The summed E-state index contributed by atoms with van der Waals surface area (Å²) in [4.78, 5) is 4.79. The van der Waals surface area contributed by atoms with Gasteiger partial charge in [-0.2, -0.15) is 0 Å². The summed E-state index contributed by atoms with van der Waals surface area (Å²) in [5.41, 5.74) is 3.26. The van der Waals surface area contributed by atoms with Crippen LogP contribution in [0.1, 0.15) is 12.0 Å². The topological polar surface area (TPSA) is 45.4 Å². The first kappa shape index (κ1) is 19.9. The third kappa shape index (κ3) is 5.36. The van der Waals surface area contributed by atoms with Crippen LogP contribution in [0.2, 0.25) is 0 Å². The molecule has 0 bridgehead atoms. The highest BCUT2D eigenvalue weighted by molar-refractivity contribution is 7.99. The fourth-order valence-electron chi connectivity index (χ4n) is 3.41. The van der Waals surface area contributed by atoms with Gasteiger partial charge in [0.25, 0.3) is 5.22 Å². The second kappa shape index (κ2) is 9.41. The molecule has 2 aromatic carbocycles. The van der Waals surface area contributed by atoms with E-state index in [1.807, 2.05) is 36.4 Å². The molecule has 0 unspecified atom stereocenters. The highest BCUT2D eigenvalue weighted by Gasteiger charge is 2.17. The maximum atomic E-state index is 13.1.